The maximum absolute atomic E-state index is 3.84. The van der Waals surface area contributed by atoms with Crippen molar-refractivity contribution in [2.75, 3.05) is 0 Å². The van der Waals surface area contributed by atoms with Gasteiger partial charge >= 0.3 is 0 Å². The predicted octanol–water partition coefficient (Wildman–Crippen LogP) is 2.94. The van der Waals surface area contributed by atoms with Crippen molar-refractivity contribution in [1.82, 2.24) is 4.98 Å². The van der Waals surface area contributed by atoms with E-state index in [1.54, 1.807) is 6.08 Å². The molecule has 1 heterocycles. The first-order valence-corrected chi connectivity index (χ1v) is 3.21. The molecule has 0 saturated heterocycles. The molecule has 1 aromatic rings. The van der Waals surface area contributed by atoms with Crippen LogP contribution in [0.4, 0.5) is 0 Å². The molecule has 10 heavy (non-hydrogen) atoms. The van der Waals surface area contributed by atoms with Crippen molar-refractivity contribution in [2.24, 2.45) is 0 Å². The molecule has 1 heteroatoms. The van der Waals surface area contributed by atoms with Gasteiger partial charge in [0.15, 0.2) is 0 Å². The number of H-pyrrole nitrogens is 1. The fraction of sp³-hybridized carbons (Fsp3) is 0.111. The Hall–Kier alpha value is -1.24. The molecule has 1 aromatic heterocycles. The van der Waals surface area contributed by atoms with Gasteiger partial charge in [-0.25, -0.2) is 0 Å². The van der Waals surface area contributed by atoms with Crippen molar-refractivity contribution in [3.8, 4) is 0 Å². The molecule has 0 fully saturated rings. The number of aromatic amines is 1. The zero-order valence-corrected chi connectivity index (χ0v) is 6.15. The van der Waals surface area contributed by atoms with Crippen LogP contribution in [-0.4, -0.2) is 4.98 Å². The highest BCUT2D eigenvalue weighted by Gasteiger charge is 1.98. The standard InChI is InChI=1S/C9H11N.H2/c1-4-9-8(7(2)3)5-6-10-9;/h4-6,10H,1-2H2,3H3;1H. The Labute approximate surface area is 62.6 Å². The van der Waals surface area contributed by atoms with Crippen LogP contribution in [0.3, 0.4) is 0 Å². The topological polar surface area (TPSA) is 15.8 Å². The Balaban J connectivity index is 0.000001000. The largest absolute Gasteiger partial charge is 0.361 e. The summed E-state index contributed by atoms with van der Waals surface area (Å²) < 4.78 is 0. The molecular weight excluding hydrogens is 122 g/mol. The van der Waals surface area contributed by atoms with Gasteiger partial charge in [-0.3, -0.25) is 0 Å². The lowest BCUT2D eigenvalue weighted by Gasteiger charge is -1.95. The van der Waals surface area contributed by atoms with E-state index in [0.29, 0.717) is 0 Å². The second-order valence-electron chi connectivity index (χ2n) is 2.29. The second-order valence-corrected chi connectivity index (χ2v) is 2.29. The zero-order chi connectivity index (χ0) is 7.56. The number of hydrogen-bond acceptors (Lipinski definition) is 0. The molecule has 0 unspecified atom stereocenters. The highest BCUT2D eigenvalue weighted by molar-refractivity contribution is 5.69. The monoisotopic (exact) mass is 135 g/mol. The molecule has 0 aliphatic rings. The minimum atomic E-state index is 0. The Morgan fingerprint density at radius 2 is 2.50 bits per heavy atom. The lowest BCUT2D eigenvalue weighted by Crippen LogP contribution is -1.77. The minimum Gasteiger partial charge on any atom is -0.361 e. The Kier molecular flexibility index (Phi) is 1.76. The van der Waals surface area contributed by atoms with Gasteiger partial charge in [-0.2, -0.15) is 0 Å². The van der Waals surface area contributed by atoms with Crippen LogP contribution in [0.2, 0.25) is 0 Å². The normalized spacial score (nSPS) is 9.30. The van der Waals surface area contributed by atoms with Gasteiger partial charge in [0.1, 0.15) is 0 Å². The van der Waals surface area contributed by atoms with Crippen LogP contribution in [0.25, 0.3) is 11.6 Å². The van der Waals surface area contributed by atoms with Gasteiger partial charge in [-0.15, -0.1) is 0 Å². The van der Waals surface area contributed by atoms with E-state index < -0.39 is 0 Å². The number of aromatic nitrogens is 1. The van der Waals surface area contributed by atoms with E-state index in [-0.39, 0.29) is 1.43 Å². The van der Waals surface area contributed by atoms with Crippen molar-refractivity contribution >= 4 is 11.6 Å². The molecule has 0 aromatic carbocycles. The van der Waals surface area contributed by atoms with Crippen LogP contribution in [0, 0.1) is 0 Å². The fourth-order valence-corrected chi connectivity index (χ4v) is 0.923. The molecule has 0 radical (unpaired) electrons. The van der Waals surface area contributed by atoms with E-state index in [2.05, 4.69) is 18.1 Å². The van der Waals surface area contributed by atoms with Gasteiger partial charge in [0.2, 0.25) is 0 Å². The van der Waals surface area contributed by atoms with E-state index in [1.807, 2.05) is 19.2 Å². The van der Waals surface area contributed by atoms with Crippen LogP contribution in [0.1, 0.15) is 19.6 Å². The summed E-state index contributed by atoms with van der Waals surface area (Å²) in [7, 11) is 0. The summed E-state index contributed by atoms with van der Waals surface area (Å²) in [4.78, 5) is 3.06. The predicted molar refractivity (Wildman–Crippen MR) is 47.7 cm³/mol. The number of hydrogen-bond donors (Lipinski definition) is 1. The number of rotatable bonds is 2. The summed E-state index contributed by atoms with van der Waals surface area (Å²) in [6, 6.07) is 2.00. The molecule has 1 rings (SSSR count). The third-order valence-corrected chi connectivity index (χ3v) is 1.44. The molecule has 1 N–H and O–H groups in total. The summed E-state index contributed by atoms with van der Waals surface area (Å²) >= 11 is 0. The van der Waals surface area contributed by atoms with Crippen molar-refractivity contribution in [3.63, 3.8) is 0 Å². The van der Waals surface area contributed by atoms with Gasteiger partial charge in [-0.05, 0) is 24.6 Å². The molecule has 1 nitrogen and oxygen atoms in total. The van der Waals surface area contributed by atoms with Crippen molar-refractivity contribution in [2.45, 2.75) is 6.92 Å². The van der Waals surface area contributed by atoms with Crippen molar-refractivity contribution in [3.05, 3.63) is 36.7 Å². The molecule has 0 aliphatic heterocycles. The maximum atomic E-state index is 3.84. The van der Waals surface area contributed by atoms with Crippen LogP contribution in [-0.2, 0) is 0 Å². The summed E-state index contributed by atoms with van der Waals surface area (Å²) in [5.74, 6) is 0. The highest BCUT2D eigenvalue weighted by Crippen LogP contribution is 2.16. The molecule has 0 atom stereocenters. The summed E-state index contributed by atoms with van der Waals surface area (Å²) in [6.45, 7) is 9.49. The molecule has 0 aliphatic carbocycles. The van der Waals surface area contributed by atoms with Crippen LogP contribution in [0.15, 0.2) is 25.4 Å². The Morgan fingerprint density at radius 1 is 1.80 bits per heavy atom. The second kappa shape index (κ2) is 2.56. The van der Waals surface area contributed by atoms with Gasteiger partial charge in [-0.1, -0.05) is 13.2 Å². The van der Waals surface area contributed by atoms with E-state index in [0.717, 1.165) is 16.8 Å². The van der Waals surface area contributed by atoms with Crippen molar-refractivity contribution in [1.29, 1.82) is 0 Å². The molecule has 54 valence electrons. The maximum Gasteiger partial charge on any atom is 0.0450 e. The average molecular weight is 135 g/mol. The third-order valence-electron chi connectivity index (χ3n) is 1.44. The number of allylic oxidation sites excluding steroid dienone is 1. The molecular formula is C9H13N. The molecule has 0 spiro atoms. The first-order valence-electron chi connectivity index (χ1n) is 3.21. The Morgan fingerprint density at radius 3 is 2.90 bits per heavy atom. The molecule has 0 saturated carbocycles. The minimum absolute atomic E-state index is 0. The zero-order valence-electron chi connectivity index (χ0n) is 6.15. The average Bonchev–Trinajstić information content (AvgIpc) is 2.33. The summed E-state index contributed by atoms with van der Waals surface area (Å²) in [6.07, 6.45) is 3.69. The summed E-state index contributed by atoms with van der Waals surface area (Å²) in [5, 5.41) is 0. The van der Waals surface area contributed by atoms with Gasteiger partial charge in [0.25, 0.3) is 0 Å². The first-order chi connectivity index (χ1) is 4.75. The lowest BCUT2D eigenvalue weighted by atomic mass is 10.1. The van der Waals surface area contributed by atoms with Gasteiger partial charge < -0.3 is 4.98 Å². The van der Waals surface area contributed by atoms with E-state index in [1.165, 1.54) is 0 Å². The van der Waals surface area contributed by atoms with E-state index >= 15 is 0 Å². The third kappa shape index (κ3) is 1.03. The van der Waals surface area contributed by atoms with E-state index in [9.17, 15) is 0 Å². The fourth-order valence-electron chi connectivity index (χ4n) is 0.923. The smallest absolute Gasteiger partial charge is 0.0450 e. The lowest BCUT2D eigenvalue weighted by molar-refractivity contribution is 1.37. The molecule has 0 amide bonds. The number of nitrogens with one attached hydrogen (secondary N) is 1. The SMILES string of the molecule is C=Cc1[nH]ccc1C(=C)C.[HH]. The summed E-state index contributed by atoms with van der Waals surface area (Å²) in [5.41, 5.74) is 3.26. The van der Waals surface area contributed by atoms with Crippen LogP contribution >= 0.6 is 0 Å². The van der Waals surface area contributed by atoms with Gasteiger partial charge in [0.05, 0.1) is 0 Å². The quantitative estimate of drug-likeness (QED) is 0.641. The van der Waals surface area contributed by atoms with Crippen LogP contribution < -0.4 is 0 Å². The van der Waals surface area contributed by atoms with Crippen molar-refractivity contribution < 1.29 is 1.43 Å². The first kappa shape index (κ1) is 6.87. The Bertz CT molecular complexity index is 260. The van der Waals surface area contributed by atoms with E-state index in [4.69, 9.17) is 0 Å². The molecule has 0 bridgehead atoms. The van der Waals surface area contributed by atoms with Gasteiger partial charge in [0, 0.05) is 18.9 Å². The van der Waals surface area contributed by atoms with Crippen LogP contribution in [0.5, 0.6) is 0 Å². The highest BCUT2D eigenvalue weighted by atomic mass is 14.7.